The van der Waals surface area contributed by atoms with E-state index in [4.69, 9.17) is 5.11 Å². The van der Waals surface area contributed by atoms with Crippen LogP contribution in [0.1, 0.15) is 147 Å². The smallest absolute Gasteiger partial charge is 0.129 e. The number of rotatable bonds is 55. The Morgan fingerprint density at radius 2 is 0.614 bits per heavy atom. The van der Waals surface area contributed by atoms with Gasteiger partial charge in [-0.15, -0.1) is 0 Å². The van der Waals surface area contributed by atoms with Gasteiger partial charge in [-0.05, 0) is 120 Å². The van der Waals surface area contributed by atoms with E-state index in [0.717, 1.165) is 89.9 Å². The standard InChI is InChI=1S/C24H46N2.C22H34N2.C19H36N2.C18H34N2O4.C15H20N.C10H15NO.4BrH/c1-6-17-25(5,18-7-2)21-13-14-22-26(19-8-3,20-9-4)23-24-15-11-10-12-16-24;1-6-15-23(5,16-7-2)19-20-24(17-8-3,18-9-4)21-22-13-11-10-12-14-22;1-6-20(5,7-2)16-13-17-21(8-3,9-4)18-19-14-11-10-12-15-19;1-19(9-13-21,10-14-22)7-8-20(11-15-23,12-16-24)17-18-5-3-2-4-6-18;1-12(16(2,3)4)14-11-7-9-13-8-5-6-10-15(13)14;1-11(2,3)8-9-4-6-10(12)7-5-9;;;;/h10-12,15-16H,6-9,13-14,17-23H2,1-5H3;6-14H,1-4,15-21H2,5H3;10-12,14-15H,6-9,13,16-18H2,1-5H3;2-6,21-24H,7-17H2,1H3;5-12H,1-4H3;4-7H,8H2,1-3H3;4*1H/q4*+2;+1;;;;;/p-3. The van der Waals surface area contributed by atoms with Crippen LogP contribution < -0.4 is 67.9 Å². The Bertz CT molecular complexity index is 3810. The maximum Gasteiger partial charge on any atom is 0.129 e. The van der Waals surface area contributed by atoms with Gasteiger partial charge in [-0.2, -0.15) is 0 Å². The topological polar surface area (TPSA) is 101 Å². The van der Waals surface area contributed by atoms with Gasteiger partial charge >= 0.3 is 0 Å². The molecule has 0 saturated carbocycles. The molecule has 0 amide bonds. The molecule has 0 saturated heterocycles. The number of quaternary nitrogens is 10. The molecule has 0 radical (unpaired) electrons. The monoisotopic (exact) mass is 2020 g/mol. The van der Waals surface area contributed by atoms with Crippen molar-refractivity contribution in [2.24, 2.45) is 0 Å². The zero-order valence-corrected chi connectivity index (χ0v) is 90.0. The zero-order valence-electron chi connectivity index (χ0n) is 83.6. The van der Waals surface area contributed by atoms with Crippen molar-refractivity contribution in [3.05, 3.63) is 272 Å². The first-order chi connectivity index (χ1) is 58.6. The van der Waals surface area contributed by atoms with Crippen LogP contribution in [0.5, 0.6) is 5.75 Å². The van der Waals surface area contributed by atoms with Gasteiger partial charge in [0, 0.05) is 52.6 Å². The van der Waals surface area contributed by atoms with Crippen molar-refractivity contribution in [3.63, 3.8) is 0 Å². The van der Waals surface area contributed by atoms with Crippen molar-refractivity contribution >= 4 is 10.8 Å². The number of fused-ring (bicyclic) bond motifs is 1. The second kappa shape index (κ2) is 68.0. The highest BCUT2D eigenvalue weighted by molar-refractivity contribution is 5.86. The summed E-state index contributed by atoms with van der Waals surface area (Å²) in [5.41, 5.74) is 8.21. The molecule has 19 heteroatoms. The lowest BCUT2D eigenvalue weighted by molar-refractivity contribution is -0.981. The van der Waals surface area contributed by atoms with Crippen LogP contribution in [0, 0.1) is 0 Å². The van der Waals surface area contributed by atoms with E-state index in [2.05, 4.69) is 298 Å². The third-order valence-electron chi connectivity index (χ3n) is 26.0. The first-order valence-corrected chi connectivity index (χ1v) is 47.2. The van der Waals surface area contributed by atoms with Crippen molar-refractivity contribution in [3.8, 4) is 5.75 Å². The number of hydrogen-bond donors (Lipinski definition) is 5. The Hall–Kier alpha value is -5.08. The predicted octanol–water partition coefficient (Wildman–Crippen LogP) is 6.62. The van der Waals surface area contributed by atoms with E-state index in [9.17, 15) is 20.4 Å². The average Bonchev–Trinajstić information content (AvgIpc) is 0.797. The highest BCUT2D eigenvalue weighted by Gasteiger charge is 2.35. The fourth-order valence-electron chi connectivity index (χ4n) is 17.7. The van der Waals surface area contributed by atoms with Crippen molar-refractivity contribution in [1.82, 2.24) is 0 Å². The first-order valence-electron chi connectivity index (χ1n) is 47.2. The molecule has 1 unspecified atom stereocenters. The summed E-state index contributed by atoms with van der Waals surface area (Å²) in [7, 11) is 22.3. The van der Waals surface area contributed by atoms with Gasteiger partial charge in [0.25, 0.3) is 0 Å². The minimum Gasteiger partial charge on any atom is -1.00 e. The van der Waals surface area contributed by atoms with E-state index in [1.165, 1.54) is 199 Å². The van der Waals surface area contributed by atoms with Gasteiger partial charge < -0.3 is 138 Å². The molecule has 15 nitrogen and oxygen atoms in total. The molecule has 7 aromatic rings. The van der Waals surface area contributed by atoms with E-state index >= 15 is 0 Å². The molecular weight excluding hydrogens is 1840 g/mol. The molecule has 0 aliphatic rings. The fraction of sp³-hybridized carbons (Fsp3) is 0.556. The lowest BCUT2D eigenvalue weighted by atomic mass is 9.98. The van der Waals surface area contributed by atoms with E-state index in [0.29, 0.717) is 46.9 Å². The van der Waals surface area contributed by atoms with Crippen LogP contribution in [0.15, 0.2) is 239 Å². The molecule has 127 heavy (non-hydrogen) atoms. The van der Waals surface area contributed by atoms with Crippen molar-refractivity contribution in [2.75, 3.05) is 254 Å². The Labute approximate surface area is 820 Å². The maximum atomic E-state index is 9.56. The molecule has 720 valence electrons. The third kappa shape index (κ3) is 50.6. The minimum atomic E-state index is 0. The van der Waals surface area contributed by atoms with E-state index in [1.807, 2.05) is 61.7 Å². The minimum absolute atomic E-state index is 0. The van der Waals surface area contributed by atoms with Crippen LogP contribution in [0.3, 0.4) is 0 Å². The van der Waals surface area contributed by atoms with Crippen LogP contribution in [-0.2, 0) is 32.7 Å². The summed E-state index contributed by atoms with van der Waals surface area (Å²) in [6, 6.07) is 66.0. The number of phenols is 1. The van der Waals surface area contributed by atoms with Gasteiger partial charge in [-0.25, -0.2) is 0 Å². The zero-order chi connectivity index (χ0) is 91.8. The largest absolute Gasteiger partial charge is 1.00 e. The van der Waals surface area contributed by atoms with Crippen molar-refractivity contribution in [1.29, 1.82) is 0 Å². The average molecular weight is 2020 g/mol. The predicted molar refractivity (Wildman–Crippen MR) is 530 cm³/mol. The van der Waals surface area contributed by atoms with Gasteiger partial charge in [-0.3, -0.25) is 0 Å². The second-order valence-corrected chi connectivity index (χ2v) is 38.6. The highest BCUT2D eigenvalue weighted by atomic mass is 79.9. The molecule has 7 rings (SSSR count). The Morgan fingerprint density at radius 1 is 0.283 bits per heavy atom. The molecule has 0 spiro atoms. The molecule has 0 aliphatic heterocycles. The van der Waals surface area contributed by atoms with Gasteiger partial charge in [0.2, 0.25) is 0 Å². The number of halogens is 4. The van der Waals surface area contributed by atoms with Crippen LogP contribution in [0.4, 0.5) is 0 Å². The Balaban J connectivity index is -0.00000146. The summed E-state index contributed by atoms with van der Waals surface area (Å²) in [6.45, 7) is 67.6. The molecule has 0 bridgehead atoms. The number of aliphatic hydroxyl groups excluding tert-OH is 4. The lowest BCUT2D eigenvalue weighted by Crippen LogP contribution is -3.00. The summed E-state index contributed by atoms with van der Waals surface area (Å²) in [4.78, 5) is 0. The maximum absolute atomic E-state index is 9.56. The SMILES string of the molecule is C=CC[N+](C)(CC=C)CC[N+](CC=C)(CC=C)Cc1ccccc1.CC(c1cccc2ccccc12)[N+](C)(C)C.CCC[N+](C)(CCC)CCCC[N+](CCC)(CCC)Cc1ccccc1.CC[N+](C)(CC)CCC[N+](CC)(CC)Cc1ccccc1.C[N+](C)(C)Cc1ccc(O)cc1.C[N+](CCO)(CCO)CC[N+](CCO)(CCO)Cc1ccccc1.[Br-].[Br-].[Br-].[Br-]. The first kappa shape index (κ1) is 126. The van der Waals surface area contributed by atoms with E-state index < -0.39 is 0 Å². The van der Waals surface area contributed by atoms with Gasteiger partial charge in [0.15, 0.2) is 0 Å². The summed E-state index contributed by atoms with van der Waals surface area (Å²) >= 11 is 0. The van der Waals surface area contributed by atoms with Crippen molar-refractivity contribution in [2.45, 2.75) is 146 Å². The number of phenolic OH excluding ortho intramolecular Hbond substituents is 1. The number of aliphatic hydroxyl groups is 4. The van der Waals surface area contributed by atoms with Crippen molar-refractivity contribution < 1.29 is 138 Å². The lowest BCUT2D eigenvalue weighted by Gasteiger charge is -2.41. The quantitative estimate of drug-likeness (QED) is 0.0168. The van der Waals surface area contributed by atoms with E-state index in [1.54, 1.807) is 12.1 Å². The molecule has 7 aromatic carbocycles. The van der Waals surface area contributed by atoms with Crippen LogP contribution >= 0.6 is 0 Å². The Kier molecular flexibility index (Phi) is 67.5. The second-order valence-electron chi connectivity index (χ2n) is 38.6. The highest BCUT2D eigenvalue weighted by Crippen LogP contribution is 2.30. The molecule has 0 heterocycles. The van der Waals surface area contributed by atoms with Gasteiger partial charge in [0.1, 0.15) is 96.9 Å². The van der Waals surface area contributed by atoms with Crippen LogP contribution in [0.2, 0.25) is 0 Å². The number of likely N-dealkylation sites (N-methyl/N-ethyl adjacent to an activating group) is 2. The number of benzene rings is 7. The fourth-order valence-corrected chi connectivity index (χ4v) is 17.7. The molecule has 0 aliphatic carbocycles. The molecular formula is C108H186Br4N10O5+6. The summed E-state index contributed by atoms with van der Waals surface area (Å²) in [6.07, 6.45) is 17.3. The molecule has 0 aromatic heterocycles. The van der Waals surface area contributed by atoms with Gasteiger partial charge in [-0.1, -0.05) is 218 Å². The van der Waals surface area contributed by atoms with E-state index in [-0.39, 0.29) is 94.4 Å². The third-order valence-corrected chi connectivity index (χ3v) is 26.0. The summed E-state index contributed by atoms with van der Waals surface area (Å²) < 4.78 is 9.92. The van der Waals surface area contributed by atoms with Crippen LogP contribution in [0.25, 0.3) is 10.8 Å². The van der Waals surface area contributed by atoms with Gasteiger partial charge in [0.05, 0.1) is 202 Å². The number of aromatic hydroxyl groups is 1. The van der Waals surface area contributed by atoms with Crippen LogP contribution in [-0.4, -0.2) is 324 Å². The summed E-state index contributed by atoms with van der Waals surface area (Å²) in [5, 5.41) is 49.5. The molecule has 0 fully saturated rings. The summed E-state index contributed by atoms with van der Waals surface area (Å²) in [5.74, 6) is 0.333. The number of nitrogens with zero attached hydrogens (tertiary/aromatic N) is 10. The normalized spacial score (nSPS) is 12.1. The number of hydrogen-bond acceptors (Lipinski definition) is 5. The number of unbranched alkanes of at least 4 members (excludes halogenated alkanes) is 1. The Morgan fingerprint density at radius 3 is 0.992 bits per heavy atom. The molecule has 5 N–H and O–H groups in total. The molecule has 1 atom stereocenters.